The highest BCUT2D eigenvalue weighted by Gasteiger charge is 2.44. The summed E-state index contributed by atoms with van der Waals surface area (Å²) in [5.41, 5.74) is 0.355. The summed E-state index contributed by atoms with van der Waals surface area (Å²) in [5, 5.41) is 20.0. The van der Waals surface area contributed by atoms with Crippen molar-refractivity contribution in [3.8, 4) is 17.7 Å². The number of rotatable bonds is 4. The standard InChI is InChI=1S/C20H20N2O5/c1-4-25-19(24)13-7-8-22-16(10-13)26-17-14-9-12(11-21)5-6-15(14)27-20(2,3)18(17)23/h5-10,17-18,23H,4H2,1-3H3/t17-,18+/m0/s1. The summed E-state index contributed by atoms with van der Waals surface area (Å²) in [5.74, 6) is 0.205. The molecule has 0 unspecified atom stereocenters. The molecule has 27 heavy (non-hydrogen) atoms. The van der Waals surface area contributed by atoms with E-state index in [0.29, 0.717) is 22.4 Å². The summed E-state index contributed by atoms with van der Waals surface area (Å²) in [6.45, 7) is 5.48. The first-order chi connectivity index (χ1) is 12.9. The molecule has 140 valence electrons. The molecule has 0 saturated carbocycles. The molecule has 2 heterocycles. The second-order valence-corrected chi connectivity index (χ2v) is 6.66. The molecule has 1 aromatic carbocycles. The first-order valence-corrected chi connectivity index (χ1v) is 8.56. The van der Waals surface area contributed by atoms with Crippen LogP contribution in [0.2, 0.25) is 0 Å². The van der Waals surface area contributed by atoms with E-state index in [1.165, 1.54) is 18.3 Å². The Balaban J connectivity index is 1.97. The predicted molar refractivity (Wildman–Crippen MR) is 95.4 cm³/mol. The summed E-state index contributed by atoms with van der Waals surface area (Å²) in [7, 11) is 0. The fourth-order valence-corrected chi connectivity index (χ4v) is 2.88. The minimum absolute atomic E-state index is 0.163. The van der Waals surface area contributed by atoms with Crippen molar-refractivity contribution in [3.63, 3.8) is 0 Å². The van der Waals surface area contributed by atoms with Gasteiger partial charge in [0.05, 0.1) is 23.8 Å². The molecule has 1 aromatic heterocycles. The van der Waals surface area contributed by atoms with Crippen molar-refractivity contribution in [1.82, 2.24) is 4.98 Å². The summed E-state index contributed by atoms with van der Waals surface area (Å²) in [4.78, 5) is 16.1. The number of ether oxygens (including phenoxy) is 3. The molecule has 7 heteroatoms. The zero-order valence-electron chi connectivity index (χ0n) is 15.3. The lowest BCUT2D eigenvalue weighted by Gasteiger charge is -2.41. The Morgan fingerprint density at radius 2 is 2.15 bits per heavy atom. The van der Waals surface area contributed by atoms with Gasteiger partial charge in [-0.05, 0) is 45.0 Å². The average Bonchev–Trinajstić information content (AvgIpc) is 2.65. The van der Waals surface area contributed by atoms with Gasteiger partial charge >= 0.3 is 5.97 Å². The summed E-state index contributed by atoms with van der Waals surface area (Å²) in [6.07, 6.45) is -0.403. The van der Waals surface area contributed by atoms with Gasteiger partial charge in [0.15, 0.2) is 6.10 Å². The quantitative estimate of drug-likeness (QED) is 0.828. The number of carbonyl (C=O) groups is 1. The molecule has 0 bridgehead atoms. The zero-order valence-corrected chi connectivity index (χ0v) is 15.3. The van der Waals surface area contributed by atoms with Crippen molar-refractivity contribution >= 4 is 5.97 Å². The van der Waals surface area contributed by atoms with Gasteiger partial charge in [0, 0.05) is 17.8 Å². The number of benzene rings is 1. The molecule has 1 aliphatic rings. The molecule has 7 nitrogen and oxygen atoms in total. The summed E-state index contributed by atoms with van der Waals surface area (Å²) >= 11 is 0. The summed E-state index contributed by atoms with van der Waals surface area (Å²) < 4.78 is 16.8. The number of hydrogen-bond acceptors (Lipinski definition) is 7. The van der Waals surface area contributed by atoms with E-state index in [-0.39, 0.29) is 12.5 Å². The first kappa shape index (κ1) is 18.7. The van der Waals surface area contributed by atoms with Crippen LogP contribution in [0, 0.1) is 11.3 Å². The molecule has 0 amide bonds. The van der Waals surface area contributed by atoms with Crippen LogP contribution in [-0.2, 0) is 4.74 Å². The SMILES string of the molecule is CCOC(=O)c1ccnc(O[C@H]2c3cc(C#N)ccc3OC(C)(C)[C@@H]2O)c1. The van der Waals surface area contributed by atoms with Gasteiger partial charge in [-0.3, -0.25) is 0 Å². The molecule has 2 aromatic rings. The first-order valence-electron chi connectivity index (χ1n) is 8.56. The monoisotopic (exact) mass is 368 g/mol. The highest BCUT2D eigenvalue weighted by atomic mass is 16.5. The van der Waals surface area contributed by atoms with Crippen LogP contribution in [0.1, 0.15) is 48.4 Å². The molecule has 0 saturated heterocycles. The third-order valence-corrected chi connectivity index (χ3v) is 4.31. The molecule has 3 rings (SSSR count). The van der Waals surface area contributed by atoms with Crippen LogP contribution >= 0.6 is 0 Å². The van der Waals surface area contributed by atoms with E-state index in [9.17, 15) is 15.2 Å². The third-order valence-electron chi connectivity index (χ3n) is 4.31. The number of pyridine rings is 1. The topological polar surface area (TPSA) is 102 Å². The molecule has 0 radical (unpaired) electrons. The van der Waals surface area contributed by atoms with Gasteiger partial charge in [-0.1, -0.05) is 0 Å². The van der Waals surface area contributed by atoms with Gasteiger partial charge in [0.1, 0.15) is 17.5 Å². The number of aliphatic hydroxyl groups is 1. The van der Waals surface area contributed by atoms with Crippen LogP contribution in [0.5, 0.6) is 11.6 Å². The maximum Gasteiger partial charge on any atom is 0.338 e. The fourth-order valence-electron chi connectivity index (χ4n) is 2.88. The molecule has 0 aliphatic carbocycles. The molecule has 1 aliphatic heterocycles. The zero-order chi connectivity index (χ0) is 19.6. The van der Waals surface area contributed by atoms with E-state index < -0.39 is 23.8 Å². The van der Waals surface area contributed by atoms with Crippen molar-refractivity contribution in [2.45, 2.75) is 38.6 Å². The number of nitriles is 1. The number of esters is 1. The third kappa shape index (κ3) is 3.71. The van der Waals surface area contributed by atoms with Gasteiger partial charge in [-0.2, -0.15) is 5.26 Å². The largest absolute Gasteiger partial charge is 0.485 e. The number of aromatic nitrogens is 1. The lowest BCUT2D eigenvalue weighted by atomic mass is 9.87. The molecule has 1 N–H and O–H groups in total. The van der Waals surface area contributed by atoms with E-state index in [1.807, 2.05) is 0 Å². The predicted octanol–water partition coefficient (Wildman–Crippen LogP) is 2.78. The average molecular weight is 368 g/mol. The van der Waals surface area contributed by atoms with Crippen LogP contribution in [0.25, 0.3) is 0 Å². The molecule has 0 fully saturated rings. The van der Waals surface area contributed by atoms with E-state index in [0.717, 1.165) is 0 Å². The molecule has 0 spiro atoms. The Kier molecular flexibility index (Phi) is 5.02. The van der Waals surface area contributed by atoms with Crippen molar-refractivity contribution in [1.29, 1.82) is 5.26 Å². The van der Waals surface area contributed by atoms with Crippen molar-refractivity contribution in [2.24, 2.45) is 0 Å². The Morgan fingerprint density at radius 3 is 2.85 bits per heavy atom. The van der Waals surface area contributed by atoms with E-state index in [1.54, 1.807) is 39.0 Å². The van der Waals surface area contributed by atoms with Crippen LogP contribution in [0.15, 0.2) is 36.5 Å². The second-order valence-electron chi connectivity index (χ2n) is 6.66. The lowest BCUT2D eigenvalue weighted by Crippen LogP contribution is -2.50. The van der Waals surface area contributed by atoms with Gasteiger partial charge in [0.25, 0.3) is 0 Å². The second kappa shape index (κ2) is 7.25. The van der Waals surface area contributed by atoms with Gasteiger partial charge in [0.2, 0.25) is 5.88 Å². The Hall–Kier alpha value is -3.11. The Labute approximate surface area is 157 Å². The van der Waals surface area contributed by atoms with E-state index >= 15 is 0 Å². The number of hydrogen-bond donors (Lipinski definition) is 1. The Bertz CT molecular complexity index is 903. The highest BCUT2D eigenvalue weighted by molar-refractivity contribution is 5.89. The minimum atomic E-state index is -1.02. The van der Waals surface area contributed by atoms with Crippen LogP contribution < -0.4 is 9.47 Å². The van der Waals surface area contributed by atoms with Crippen LogP contribution in [0.3, 0.4) is 0 Å². The smallest absolute Gasteiger partial charge is 0.338 e. The number of carbonyl (C=O) groups excluding carboxylic acids is 1. The van der Waals surface area contributed by atoms with Crippen LogP contribution in [0.4, 0.5) is 0 Å². The van der Waals surface area contributed by atoms with E-state index in [4.69, 9.17) is 14.2 Å². The van der Waals surface area contributed by atoms with Gasteiger partial charge in [-0.15, -0.1) is 0 Å². The molecular weight excluding hydrogens is 348 g/mol. The summed E-state index contributed by atoms with van der Waals surface area (Å²) in [6, 6.07) is 9.99. The minimum Gasteiger partial charge on any atom is -0.485 e. The van der Waals surface area contributed by atoms with E-state index in [2.05, 4.69) is 11.1 Å². The van der Waals surface area contributed by atoms with Gasteiger partial charge in [-0.25, -0.2) is 9.78 Å². The maximum atomic E-state index is 11.9. The van der Waals surface area contributed by atoms with Gasteiger partial charge < -0.3 is 19.3 Å². The maximum absolute atomic E-state index is 11.9. The fraction of sp³-hybridized carbons (Fsp3) is 0.350. The highest BCUT2D eigenvalue weighted by Crippen LogP contribution is 2.42. The van der Waals surface area contributed by atoms with Crippen molar-refractivity contribution in [2.75, 3.05) is 6.61 Å². The lowest BCUT2D eigenvalue weighted by molar-refractivity contribution is -0.104. The number of fused-ring (bicyclic) bond motifs is 1. The van der Waals surface area contributed by atoms with Crippen molar-refractivity contribution in [3.05, 3.63) is 53.2 Å². The molecular formula is C20H20N2O5. The molecule has 2 atom stereocenters. The normalized spacial score (nSPS) is 20.0. The number of aliphatic hydroxyl groups excluding tert-OH is 1. The van der Waals surface area contributed by atoms with Crippen molar-refractivity contribution < 1.29 is 24.1 Å². The van der Waals surface area contributed by atoms with Crippen LogP contribution in [-0.4, -0.2) is 34.4 Å². The number of nitrogens with zero attached hydrogens (tertiary/aromatic N) is 2. The Morgan fingerprint density at radius 1 is 1.37 bits per heavy atom.